The van der Waals surface area contributed by atoms with Crippen LogP contribution in [0.4, 0.5) is 4.39 Å². The number of fused-ring (bicyclic) bond motifs is 6. The maximum atomic E-state index is 13.5. The van der Waals surface area contributed by atoms with Crippen LogP contribution in [-0.2, 0) is 0 Å². The molecule has 18 heavy (non-hydrogen) atoms. The van der Waals surface area contributed by atoms with Crippen LogP contribution >= 0.6 is 0 Å². The lowest BCUT2D eigenvalue weighted by Gasteiger charge is -2.07. The van der Waals surface area contributed by atoms with E-state index < -0.39 is 0 Å². The van der Waals surface area contributed by atoms with Crippen molar-refractivity contribution >= 4 is 27.2 Å². The standard InChI is InChI=1S/C15H9FN2/c16-10-5-6-14-13(9-10)11-3-1-2-4-12(11)15-7-8-17-18(14)15/h1-9H. The molecular weight excluding hydrogens is 227 g/mol. The Bertz CT molecular complexity index is 893. The number of pyridine rings is 1. The molecule has 2 nitrogen and oxygen atoms in total. The van der Waals surface area contributed by atoms with Gasteiger partial charge in [-0.25, -0.2) is 8.91 Å². The van der Waals surface area contributed by atoms with Gasteiger partial charge in [0.05, 0.1) is 17.2 Å². The molecule has 0 spiro atoms. The van der Waals surface area contributed by atoms with Crippen LogP contribution in [0.15, 0.2) is 54.7 Å². The average Bonchev–Trinajstić information content (AvgIpc) is 2.88. The molecule has 0 fully saturated rings. The van der Waals surface area contributed by atoms with Crippen molar-refractivity contribution in [2.45, 2.75) is 0 Å². The van der Waals surface area contributed by atoms with Gasteiger partial charge in [0, 0.05) is 10.8 Å². The molecule has 4 rings (SSSR count). The highest BCUT2D eigenvalue weighted by molar-refractivity contribution is 6.12. The van der Waals surface area contributed by atoms with Crippen molar-refractivity contribution in [3.63, 3.8) is 0 Å². The Hall–Kier alpha value is -2.42. The van der Waals surface area contributed by atoms with Crippen LogP contribution in [0.2, 0.25) is 0 Å². The zero-order valence-corrected chi connectivity index (χ0v) is 9.47. The Morgan fingerprint density at radius 2 is 1.61 bits per heavy atom. The normalized spacial score (nSPS) is 11.6. The van der Waals surface area contributed by atoms with Gasteiger partial charge in [0.2, 0.25) is 0 Å². The summed E-state index contributed by atoms with van der Waals surface area (Å²) in [5.74, 6) is -0.223. The highest BCUT2D eigenvalue weighted by atomic mass is 19.1. The summed E-state index contributed by atoms with van der Waals surface area (Å²) < 4.78 is 15.3. The molecule has 3 heteroatoms. The molecule has 0 unspecified atom stereocenters. The van der Waals surface area contributed by atoms with Crippen LogP contribution in [0.3, 0.4) is 0 Å². The first-order valence-corrected chi connectivity index (χ1v) is 5.78. The number of nitrogens with zero attached hydrogens (tertiary/aromatic N) is 2. The summed E-state index contributed by atoms with van der Waals surface area (Å²) in [6, 6.07) is 14.8. The van der Waals surface area contributed by atoms with Gasteiger partial charge in [-0.2, -0.15) is 5.10 Å². The molecule has 0 saturated carbocycles. The molecule has 2 aromatic heterocycles. The zero-order chi connectivity index (χ0) is 12.1. The van der Waals surface area contributed by atoms with Crippen LogP contribution < -0.4 is 0 Å². The number of hydrogen-bond donors (Lipinski definition) is 0. The second kappa shape index (κ2) is 3.29. The molecule has 0 aliphatic carbocycles. The van der Waals surface area contributed by atoms with E-state index in [9.17, 15) is 4.39 Å². The van der Waals surface area contributed by atoms with Gasteiger partial charge >= 0.3 is 0 Å². The number of aromatic nitrogens is 2. The summed E-state index contributed by atoms with van der Waals surface area (Å²) in [5, 5.41) is 7.36. The average molecular weight is 236 g/mol. The minimum atomic E-state index is -0.223. The molecule has 2 heterocycles. The first-order valence-electron chi connectivity index (χ1n) is 5.78. The van der Waals surface area contributed by atoms with Crippen molar-refractivity contribution in [2.75, 3.05) is 0 Å². The third-order valence-corrected chi connectivity index (χ3v) is 3.32. The van der Waals surface area contributed by atoms with Crippen molar-refractivity contribution in [3.8, 4) is 0 Å². The Labute approximate surface area is 102 Å². The van der Waals surface area contributed by atoms with Crippen molar-refractivity contribution < 1.29 is 4.39 Å². The van der Waals surface area contributed by atoms with E-state index in [1.807, 2.05) is 34.8 Å². The molecule has 2 aromatic carbocycles. The fraction of sp³-hybridized carbons (Fsp3) is 0. The number of hydrogen-bond acceptors (Lipinski definition) is 1. The van der Waals surface area contributed by atoms with Gasteiger partial charge in [-0.1, -0.05) is 24.3 Å². The smallest absolute Gasteiger partial charge is 0.123 e. The first-order chi connectivity index (χ1) is 8.84. The van der Waals surface area contributed by atoms with Gasteiger partial charge in [0.15, 0.2) is 0 Å². The van der Waals surface area contributed by atoms with Crippen LogP contribution in [0.1, 0.15) is 0 Å². The molecule has 86 valence electrons. The van der Waals surface area contributed by atoms with E-state index in [0.29, 0.717) is 0 Å². The van der Waals surface area contributed by atoms with Gasteiger partial charge in [-0.15, -0.1) is 0 Å². The molecule has 0 aliphatic rings. The quantitative estimate of drug-likeness (QED) is 0.425. The molecule has 0 bridgehead atoms. The van der Waals surface area contributed by atoms with Crippen molar-refractivity contribution in [3.05, 3.63) is 60.5 Å². The van der Waals surface area contributed by atoms with Gasteiger partial charge in [0.25, 0.3) is 0 Å². The molecule has 0 N–H and O–H groups in total. The Balaban J connectivity index is 2.44. The van der Waals surface area contributed by atoms with Crippen LogP contribution in [-0.4, -0.2) is 9.61 Å². The summed E-state index contributed by atoms with van der Waals surface area (Å²) in [7, 11) is 0. The second-order valence-corrected chi connectivity index (χ2v) is 4.34. The summed E-state index contributed by atoms with van der Waals surface area (Å²) in [6.45, 7) is 0. The van der Waals surface area contributed by atoms with E-state index in [2.05, 4.69) is 5.10 Å². The molecule has 0 amide bonds. The lowest BCUT2D eigenvalue weighted by atomic mass is 10.1. The van der Waals surface area contributed by atoms with Crippen LogP contribution in [0.5, 0.6) is 0 Å². The van der Waals surface area contributed by atoms with Crippen molar-refractivity contribution in [1.82, 2.24) is 9.61 Å². The fourth-order valence-electron chi connectivity index (χ4n) is 2.55. The largest absolute Gasteiger partial charge is 0.232 e. The summed E-state index contributed by atoms with van der Waals surface area (Å²) in [5.41, 5.74) is 1.97. The Morgan fingerprint density at radius 1 is 0.833 bits per heavy atom. The van der Waals surface area contributed by atoms with E-state index in [0.717, 1.165) is 27.2 Å². The number of benzene rings is 2. The van der Waals surface area contributed by atoms with E-state index in [4.69, 9.17) is 0 Å². The van der Waals surface area contributed by atoms with E-state index >= 15 is 0 Å². The Kier molecular flexibility index (Phi) is 1.75. The molecular formula is C15H9FN2. The predicted octanol–water partition coefficient (Wildman–Crippen LogP) is 3.78. The minimum Gasteiger partial charge on any atom is -0.232 e. The summed E-state index contributed by atoms with van der Waals surface area (Å²) >= 11 is 0. The maximum Gasteiger partial charge on any atom is 0.123 e. The van der Waals surface area contributed by atoms with E-state index in [1.54, 1.807) is 18.3 Å². The van der Waals surface area contributed by atoms with Gasteiger partial charge in [-0.3, -0.25) is 0 Å². The summed E-state index contributed by atoms with van der Waals surface area (Å²) in [4.78, 5) is 0. The summed E-state index contributed by atoms with van der Waals surface area (Å²) in [6.07, 6.45) is 1.77. The highest BCUT2D eigenvalue weighted by Crippen LogP contribution is 2.29. The maximum absolute atomic E-state index is 13.5. The highest BCUT2D eigenvalue weighted by Gasteiger charge is 2.08. The first kappa shape index (κ1) is 9.59. The van der Waals surface area contributed by atoms with Crippen LogP contribution in [0.25, 0.3) is 27.2 Å². The number of rotatable bonds is 0. The molecule has 0 radical (unpaired) electrons. The zero-order valence-electron chi connectivity index (χ0n) is 9.47. The lowest BCUT2D eigenvalue weighted by molar-refractivity contribution is 0.629. The van der Waals surface area contributed by atoms with Gasteiger partial charge in [0.1, 0.15) is 5.82 Å². The minimum absolute atomic E-state index is 0.223. The van der Waals surface area contributed by atoms with E-state index in [1.165, 1.54) is 6.07 Å². The topological polar surface area (TPSA) is 17.3 Å². The molecule has 0 saturated heterocycles. The fourth-order valence-corrected chi connectivity index (χ4v) is 2.55. The monoisotopic (exact) mass is 236 g/mol. The SMILES string of the molecule is Fc1ccc2c(c1)c1ccccc1c1ccnn12. The van der Waals surface area contributed by atoms with Gasteiger partial charge < -0.3 is 0 Å². The van der Waals surface area contributed by atoms with Gasteiger partial charge in [-0.05, 0) is 29.7 Å². The molecule has 4 aromatic rings. The van der Waals surface area contributed by atoms with E-state index in [-0.39, 0.29) is 5.82 Å². The number of halogens is 1. The third kappa shape index (κ3) is 1.13. The van der Waals surface area contributed by atoms with Crippen LogP contribution in [0, 0.1) is 5.82 Å². The second-order valence-electron chi connectivity index (χ2n) is 4.34. The third-order valence-electron chi connectivity index (χ3n) is 3.32. The molecule has 0 aliphatic heterocycles. The predicted molar refractivity (Wildman–Crippen MR) is 70.2 cm³/mol. The van der Waals surface area contributed by atoms with Crippen molar-refractivity contribution in [1.29, 1.82) is 0 Å². The Morgan fingerprint density at radius 3 is 2.50 bits per heavy atom. The molecule has 0 atom stereocenters. The lowest BCUT2D eigenvalue weighted by Crippen LogP contribution is -1.92. The van der Waals surface area contributed by atoms with Crippen molar-refractivity contribution in [2.24, 2.45) is 0 Å².